The molecule has 2 amide bonds. The zero-order chi connectivity index (χ0) is 18.4. The fraction of sp³-hybridized carbons (Fsp3) is 0.471. The minimum absolute atomic E-state index is 0.0797. The number of carbonyl (C=O) groups is 3. The first-order valence-electron chi connectivity index (χ1n) is 8.05. The van der Waals surface area contributed by atoms with E-state index in [-0.39, 0.29) is 25.7 Å². The molecule has 0 aliphatic carbocycles. The molecule has 25 heavy (non-hydrogen) atoms. The van der Waals surface area contributed by atoms with Gasteiger partial charge in [-0.3, -0.25) is 14.5 Å². The zero-order valence-corrected chi connectivity index (χ0v) is 14.7. The van der Waals surface area contributed by atoms with Gasteiger partial charge in [-0.15, -0.1) is 0 Å². The van der Waals surface area contributed by atoms with E-state index in [1.807, 2.05) is 43.3 Å². The summed E-state index contributed by atoms with van der Waals surface area (Å²) >= 11 is 0. The van der Waals surface area contributed by atoms with E-state index in [4.69, 9.17) is 9.47 Å². The highest BCUT2D eigenvalue weighted by Gasteiger charge is 2.39. The predicted molar refractivity (Wildman–Crippen MR) is 91.1 cm³/mol. The Kier molecular flexibility index (Phi) is 6.21. The second kappa shape index (κ2) is 8.36. The van der Waals surface area contributed by atoms with E-state index in [2.05, 4.69) is 5.32 Å². The number of carbonyl (C=O) groups excluding carboxylic acids is 3. The van der Waals surface area contributed by atoms with Crippen molar-refractivity contribution in [1.29, 1.82) is 0 Å². The molecule has 1 aromatic rings. The molecule has 1 atom stereocenters. The van der Waals surface area contributed by atoms with Crippen LogP contribution in [0.1, 0.15) is 12.5 Å². The molecule has 1 fully saturated rings. The van der Waals surface area contributed by atoms with E-state index in [1.165, 1.54) is 0 Å². The van der Waals surface area contributed by atoms with Crippen molar-refractivity contribution >= 4 is 23.7 Å². The number of anilines is 1. The molecule has 1 heterocycles. The van der Waals surface area contributed by atoms with Gasteiger partial charge in [0.05, 0.1) is 6.61 Å². The number of ether oxygens (including phenoxy) is 2. The van der Waals surface area contributed by atoms with Gasteiger partial charge in [-0.25, -0.2) is 4.79 Å². The summed E-state index contributed by atoms with van der Waals surface area (Å²) in [6.45, 7) is 1.82. The Morgan fingerprint density at radius 3 is 2.60 bits per heavy atom. The second-order valence-corrected chi connectivity index (χ2v) is 5.80. The van der Waals surface area contributed by atoms with E-state index in [1.54, 1.807) is 6.92 Å². The van der Waals surface area contributed by atoms with Gasteiger partial charge in [0.15, 0.2) is 0 Å². The lowest BCUT2D eigenvalue weighted by Gasteiger charge is -2.20. The largest absolute Gasteiger partial charge is 0.465 e. The second-order valence-electron chi connectivity index (χ2n) is 5.80. The molecule has 0 unspecified atom stereocenters. The summed E-state index contributed by atoms with van der Waals surface area (Å²) in [4.78, 5) is 38.7. The highest BCUT2D eigenvalue weighted by molar-refractivity contribution is 5.90. The lowest BCUT2D eigenvalue weighted by molar-refractivity contribution is -0.144. The molecular weight excluding hydrogens is 326 g/mol. The molecule has 1 N–H and O–H groups in total. The maximum absolute atomic E-state index is 12.3. The standard InChI is InChI=1S/C17H23N3O5/c1-4-24-15(21)10-20-14(11-25-17(20)23)16(22)18-9-12-5-7-13(8-6-12)19(2)3/h5-8,14H,4,9-11H2,1-3H3,(H,18,22)/t14-/m0/s1. The third-order valence-corrected chi connectivity index (χ3v) is 3.80. The Hall–Kier alpha value is -2.77. The summed E-state index contributed by atoms with van der Waals surface area (Å²) in [5.41, 5.74) is 1.99. The van der Waals surface area contributed by atoms with Gasteiger partial charge in [0.2, 0.25) is 5.91 Å². The third-order valence-electron chi connectivity index (χ3n) is 3.80. The van der Waals surface area contributed by atoms with E-state index in [0.717, 1.165) is 16.2 Å². The lowest BCUT2D eigenvalue weighted by Crippen LogP contribution is -2.47. The van der Waals surface area contributed by atoms with Crippen LogP contribution in [0.5, 0.6) is 0 Å². The summed E-state index contributed by atoms with van der Waals surface area (Å²) in [7, 11) is 3.90. The highest BCUT2D eigenvalue weighted by Crippen LogP contribution is 2.14. The first-order chi connectivity index (χ1) is 11.9. The molecule has 0 bridgehead atoms. The van der Waals surface area contributed by atoms with Crippen LogP contribution in [0.3, 0.4) is 0 Å². The molecule has 8 nitrogen and oxygen atoms in total. The van der Waals surface area contributed by atoms with E-state index >= 15 is 0 Å². The van der Waals surface area contributed by atoms with Gasteiger partial charge >= 0.3 is 12.1 Å². The van der Waals surface area contributed by atoms with Crippen LogP contribution in [0, 0.1) is 0 Å². The van der Waals surface area contributed by atoms with Crippen LogP contribution in [0.2, 0.25) is 0 Å². The zero-order valence-electron chi connectivity index (χ0n) is 14.7. The Morgan fingerprint density at radius 1 is 1.32 bits per heavy atom. The number of nitrogens with one attached hydrogen (secondary N) is 1. The smallest absolute Gasteiger partial charge is 0.411 e. The molecule has 1 aliphatic heterocycles. The van der Waals surface area contributed by atoms with Crippen LogP contribution in [-0.4, -0.2) is 62.8 Å². The van der Waals surface area contributed by atoms with E-state index < -0.39 is 18.1 Å². The van der Waals surface area contributed by atoms with Crippen LogP contribution in [0.4, 0.5) is 10.5 Å². The summed E-state index contributed by atoms with van der Waals surface area (Å²) in [6.07, 6.45) is -0.691. The molecule has 8 heteroatoms. The Balaban J connectivity index is 1.92. The average Bonchev–Trinajstić information content (AvgIpc) is 2.94. The highest BCUT2D eigenvalue weighted by atomic mass is 16.6. The van der Waals surface area contributed by atoms with Gasteiger partial charge in [0, 0.05) is 26.3 Å². The van der Waals surface area contributed by atoms with Crippen molar-refractivity contribution in [3.05, 3.63) is 29.8 Å². The number of benzene rings is 1. The van der Waals surface area contributed by atoms with Crippen molar-refractivity contribution in [2.45, 2.75) is 19.5 Å². The SMILES string of the molecule is CCOC(=O)CN1C(=O)OC[C@H]1C(=O)NCc1ccc(N(C)C)cc1. The summed E-state index contributed by atoms with van der Waals surface area (Å²) < 4.78 is 9.70. The van der Waals surface area contributed by atoms with Crippen molar-refractivity contribution in [3.63, 3.8) is 0 Å². The topological polar surface area (TPSA) is 88.2 Å². The molecular formula is C17H23N3O5. The summed E-state index contributed by atoms with van der Waals surface area (Å²) in [5.74, 6) is -0.940. The number of amides is 2. The molecule has 2 rings (SSSR count). The molecule has 0 saturated carbocycles. The monoisotopic (exact) mass is 349 g/mol. The predicted octanol–water partition coefficient (Wildman–Crippen LogP) is 0.753. The van der Waals surface area contributed by atoms with Crippen molar-refractivity contribution < 1.29 is 23.9 Å². The lowest BCUT2D eigenvalue weighted by atomic mass is 10.2. The Bertz CT molecular complexity index is 630. The average molecular weight is 349 g/mol. The van der Waals surface area contributed by atoms with Crippen LogP contribution in [0.25, 0.3) is 0 Å². The number of hydrogen-bond acceptors (Lipinski definition) is 6. The van der Waals surface area contributed by atoms with Gasteiger partial charge < -0.3 is 19.7 Å². The first-order valence-corrected chi connectivity index (χ1v) is 8.05. The Morgan fingerprint density at radius 2 is 2.00 bits per heavy atom. The normalized spacial score (nSPS) is 16.4. The first kappa shape index (κ1) is 18.6. The van der Waals surface area contributed by atoms with Crippen molar-refractivity contribution in [2.24, 2.45) is 0 Å². The number of esters is 1. The summed E-state index contributed by atoms with van der Waals surface area (Å²) in [6, 6.07) is 6.91. The third kappa shape index (κ3) is 4.85. The molecule has 136 valence electrons. The van der Waals surface area contributed by atoms with Crippen molar-refractivity contribution in [2.75, 3.05) is 38.8 Å². The van der Waals surface area contributed by atoms with Crippen LogP contribution >= 0.6 is 0 Å². The fourth-order valence-electron chi connectivity index (χ4n) is 2.41. The van der Waals surface area contributed by atoms with Crippen molar-refractivity contribution in [3.8, 4) is 0 Å². The fourth-order valence-corrected chi connectivity index (χ4v) is 2.41. The maximum Gasteiger partial charge on any atom is 0.411 e. The van der Waals surface area contributed by atoms with Gasteiger partial charge in [0.25, 0.3) is 0 Å². The van der Waals surface area contributed by atoms with Crippen molar-refractivity contribution in [1.82, 2.24) is 10.2 Å². The van der Waals surface area contributed by atoms with Crippen LogP contribution < -0.4 is 10.2 Å². The minimum atomic E-state index is -0.835. The molecule has 0 radical (unpaired) electrons. The van der Waals surface area contributed by atoms with Gasteiger partial charge in [-0.2, -0.15) is 0 Å². The number of cyclic esters (lactones) is 1. The Labute approximate surface area is 146 Å². The maximum atomic E-state index is 12.3. The summed E-state index contributed by atoms with van der Waals surface area (Å²) in [5, 5.41) is 2.77. The number of rotatable bonds is 7. The van der Waals surface area contributed by atoms with Gasteiger partial charge in [0.1, 0.15) is 19.2 Å². The minimum Gasteiger partial charge on any atom is -0.465 e. The van der Waals surface area contributed by atoms with Crippen LogP contribution in [0.15, 0.2) is 24.3 Å². The molecule has 1 saturated heterocycles. The van der Waals surface area contributed by atoms with Gasteiger partial charge in [-0.05, 0) is 24.6 Å². The van der Waals surface area contributed by atoms with E-state index in [0.29, 0.717) is 6.54 Å². The van der Waals surface area contributed by atoms with Crippen LogP contribution in [-0.2, 0) is 25.6 Å². The van der Waals surface area contributed by atoms with Gasteiger partial charge in [-0.1, -0.05) is 12.1 Å². The molecule has 0 aromatic heterocycles. The number of hydrogen-bond donors (Lipinski definition) is 1. The molecule has 1 aliphatic rings. The molecule has 1 aromatic carbocycles. The quantitative estimate of drug-likeness (QED) is 0.731. The number of nitrogens with zero attached hydrogens (tertiary/aromatic N) is 2. The molecule has 0 spiro atoms. The van der Waals surface area contributed by atoms with E-state index in [9.17, 15) is 14.4 Å².